The molecule has 3 aromatic rings. The van der Waals surface area contributed by atoms with Gasteiger partial charge in [0, 0.05) is 28.9 Å². The number of nitrogens with zero attached hydrogens (tertiary/aromatic N) is 3. The Morgan fingerprint density at radius 3 is 2.38 bits per heavy atom. The van der Waals surface area contributed by atoms with Crippen molar-refractivity contribution in [3.8, 4) is 5.75 Å². The second-order valence-electron chi connectivity index (χ2n) is 9.42. The molecular formula is C27H24ClN3O6S2. The Hall–Kier alpha value is -3.12. The molecule has 3 unspecified atom stereocenters. The van der Waals surface area contributed by atoms with Gasteiger partial charge in [-0.25, -0.2) is 4.90 Å². The fraction of sp³-hybridized carbons (Fsp3) is 0.333. The highest BCUT2D eigenvalue weighted by Crippen LogP contribution is 2.54. The first-order chi connectivity index (χ1) is 18.9. The zero-order chi connectivity index (χ0) is 27.3. The summed E-state index contributed by atoms with van der Waals surface area (Å²) in [4.78, 5) is 57.3. The summed E-state index contributed by atoms with van der Waals surface area (Å²) in [6, 6.07) is 13.9. The molecule has 1 aromatic heterocycles. The van der Waals surface area contributed by atoms with Crippen LogP contribution in [0, 0.1) is 5.92 Å². The number of imide groups is 1. The third kappa shape index (κ3) is 4.57. The molecule has 202 valence electrons. The first-order valence-corrected chi connectivity index (χ1v) is 14.5. The fourth-order valence-corrected chi connectivity index (χ4v) is 8.22. The van der Waals surface area contributed by atoms with Crippen molar-refractivity contribution >= 4 is 58.1 Å². The molecule has 12 heteroatoms. The van der Waals surface area contributed by atoms with E-state index in [1.54, 1.807) is 48.4 Å². The Morgan fingerprint density at radius 1 is 1.03 bits per heavy atom. The number of thioether (sulfide) groups is 1. The number of methoxy groups -OCH3 is 1. The average Bonchev–Trinajstić information content (AvgIpc) is 3.40. The van der Waals surface area contributed by atoms with Crippen LogP contribution in [0.15, 0.2) is 58.4 Å². The second-order valence-corrected chi connectivity index (χ2v) is 12.0. The Bertz CT molecular complexity index is 1500. The summed E-state index contributed by atoms with van der Waals surface area (Å²) in [6.07, 6.45) is 0. The minimum Gasteiger partial charge on any atom is -0.497 e. The van der Waals surface area contributed by atoms with Gasteiger partial charge in [0.15, 0.2) is 0 Å². The van der Waals surface area contributed by atoms with Crippen LogP contribution in [0.5, 0.6) is 5.75 Å². The van der Waals surface area contributed by atoms with E-state index in [0.717, 1.165) is 16.9 Å². The third-order valence-electron chi connectivity index (χ3n) is 7.27. The molecule has 6 rings (SSSR count). The molecule has 4 heterocycles. The van der Waals surface area contributed by atoms with Crippen LogP contribution in [0.3, 0.4) is 0 Å². The van der Waals surface area contributed by atoms with Crippen LogP contribution in [0.25, 0.3) is 0 Å². The summed E-state index contributed by atoms with van der Waals surface area (Å²) in [5.41, 5.74) is 1.24. The van der Waals surface area contributed by atoms with Gasteiger partial charge in [0.05, 0.1) is 37.0 Å². The summed E-state index contributed by atoms with van der Waals surface area (Å²) < 4.78 is 12.0. The van der Waals surface area contributed by atoms with E-state index in [4.69, 9.17) is 21.1 Å². The molecule has 0 N–H and O–H groups in total. The Kier molecular flexibility index (Phi) is 7.00. The third-order valence-corrected chi connectivity index (χ3v) is 10.1. The molecule has 0 aliphatic carbocycles. The second kappa shape index (κ2) is 10.5. The van der Waals surface area contributed by atoms with E-state index < -0.39 is 17.1 Å². The molecule has 0 bridgehead atoms. The van der Waals surface area contributed by atoms with Crippen LogP contribution in [-0.2, 0) is 25.7 Å². The molecule has 9 nitrogen and oxygen atoms in total. The number of amides is 3. The van der Waals surface area contributed by atoms with Crippen molar-refractivity contribution in [3.63, 3.8) is 0 Å². The quantitative estimate of drug-likeness (QED) is 0.424. The van der Waals surface area contributed by atoms with Gasteiger partial charge in [0.25, 0.3) is 0 Å². The topological polar surface area (TPSA) is 98.2 Å². The van der Waals surface area contributed by atoms with Crippen LogP contribution in [0.1, 0.15) is 16.4 Å². The smallest absolute Gasteiger partial charge is 0.308 e. The van der Waals surface area contributed by atoms with Crippen molar-refractivity contribution in [2.24, 2.45) is 5.92 Å². The Balaban J connectivity index is 1.42. The lowest BCUT2D eigenvalue weighted by Crippen LogP contribution is -2.43. The summed E-state index contributed by atoms with van der Waals surface area (Å²) in [7, 11) is 1.55. The van der Waals surface area contributed by atoms with Crippen molar-refractivity contribution in [2.45, 2.75) is 22.7 Å². The minimum atomic E-state index is -0.758. The van der Waals surface area contributed by atoms with Crippen molar-refractivity contribution < 1.29 is 23.9 Å². The number of hydrogen-bond donors (Lipinski definition) is 0. The van der Waals surface area contributed by atoms with E-state index in [-0.39, 0.29) is 29.1 Å². The van der Waals surface area contributed by atoms with Gasteiger partial charge >= 0.3 is 4.87 Å². The minimum absolute atomic E-state index is 0.132. The number of aromatic nitrogens is 1. The first-order valence-electron chi connectivity index (χ1n) is 12.4. The number of benzene rings is 2. The number of ether oxygens (including phenoxy) is 2. The number of fused-ring (bicyclic) bond motifs is 2. The van der Waals surface area contributed by atoms with Gasteiger partial charge in [-0.3, -0.25) is 23.7 Å². The van der Waals surface area contributed by atoms with Gasteiger partial charge in [0.2, 0.25) is 17.7 Å². The van der Waals surface area contributed by atoms with E-state index in [0.29, 0.717) is 52.7 Å². The van der Waals surface area contributed by atoms with Crippen molar-refractivity contribution in [1.29, 1.82) is 0 Å². The molecule has 39 heavy (non-hydrogen) atoms. The summed E-state index contributed by atoms with van der Waals surface area (Å²) in [6.45, 7) is 1.71. The maximum Gasteiger partial charge on any atom is 0.308 e. The number of thiazole rings is 1. The number of hydrogen-bond acceptors (Lipinski definition) is 8. The SMILES string of the molecule is COc1ccc(N2C(=O)C3Sc4c(sc(=O)n4CC(=O)N4CCOCC4)C(c4ccc(Cl)cc4)C3C2=O)cc1. The molecule has 3 amide bonds. The van der Waals surface area contributed by atoms with Gasteiger partial charge in [-0.15, -0.1) is 0 Å². The maximum absolute atomic E-state index is 13.9. The Morgan fingerprint density at radius 2 is 1.72 bits per heavy atom. The molecule has 0 saturated carbocycles. The van der Waals surface area contributed by atoms with Crippen LogP contribution < -0.4 is 14.5 Å². The largest absolute Gasteiger partial charge is 0.497 e. The molecule has 0 spiro atoms. The van der Waals surface area contributed by atoms with E-state index in [1.165, 1.54) is 21.2 Å². The predicted molar refractivity (Wildman–Crippen MR) is 148 cm³/mol. The molecule has 0 radical (unpaired) electrons. The van der Waals surface area contributed by atoms with Gasteiger partial charge < -0.3 is 14.4 Å². The monoisotopic (exact) mass is 585 g/mol. The van der Waals surface area contributed by atoms with Gasteiger partial charge in [-0.2, -0.15) is 0 Å². The highest BCUT2D eigenvalue weighted by Gasteiger charge is 2.56. The highest BCUT2D eigenvalue weighted by molar-refractivity contribution is 8.00. The highest BCUT2D eigenvalue weighted by atomic mass is 35.5. The number of anilines is 1. The molecule has 3 atom stereocenters. The van der Waals surface area contributed by atoms with Gasteiger partial charge in [0.1, 0.15) is 17.5 Å². The summed E-state index contributed by atoms with van der Waals surface area (Å²) >= 11 is 8.38. The van der Waals surface area contributed by atoms with E-state index in [1.807, 2.05) is 12.1 Å². The lowest BCUT2D eigenvalue weighted by molar-refractivity contribution is -0.136. The Labute approximate surface area is 237 Å². The van der Waals surface area contributed by atoms with E-state index in [9.17, 15) is 19.2 Å². The molecule has 3 aliphatic rings. The van der Waals surface area contributed by atoms with Crippen molar-refractivity contribution in [3.05, 3.63) is 73.7 Å². The van der Waals surface area contributed by atoms with Gasteiger partial charge in [-0.05, 0) is 42.0 Å². The lowest BCUT2D eigenvalue weighted by Gasteiger charge is -2.31. The zero-order valence-electron chi connectivity index (χ0n) is 20.9. The fourth-order valence-electron chi connectivity index (χ4n) is 5.32. The molecule has 2 aromatic carbocycles. The normalized spacial score (nSPS) is 22.6. The predicted octanol–water partition coefficient (Wildman–Crippen LogP) is 3.23. The number of rotatable bonds is 5. The van der Waals surface area contributed by atoms with Crippen molar-refractivity contribution in [2.75, 3.05) is 38.3 Å². The zero-order valence-corrected chi connectivity index (χ0v) is 23.3. The summed E-state index contributed by atoms with van der Waals surface area (Å²) in [5.74, 6) is -1.51. The van der Waals surface area contributed by atoms with Crippen molar-refractivity contribution in [1.82, 2.24) is 9.47 Å². The van der Waals surface area contributed by atoms with Crippen LogP contribution in [0.2, 0.25) is 5.02 Å². The van der Waals surface area contributed by atoms with E-state index in [2.05, 4.69) is 0 Å². The van der Waals surface area contributed by atoms with E-state index >= 15 is 0 Å². The molecule has 2 fully saturated rings. The first kappa shape index (κ1) is 26.1. The number of carbonyl (C=O) groups is 3. The number of carbonyl (C=O) groups excluding carboxylic acids is 3. The molecular weight excluding hydrogens is 562 g/mol. The van der Waals surface area contributed by atoms with Gasteiger partial charge in [-0.1, -0.05) is 46.8 Å². The van der Waals surface area contributed by atoms with Crippen LogP contribution in [-0.4, -0.2) is 65.9 Å². The number of halogens is 1. The average molecular weight is 586 g/mol. The van der Waals surface area contributed by atoms with Crippen LogP contribution in [0.4, 0.5) is 5.69 Å². The standard InChI is InChI=1S/C27H24ClN3O6S2/c1-36-18-8-6-17(7-9-18)31-24(33)21-20(15-2-4-16(28)5-3-15)23-26(38-22(21)25(31)34)30(27(35)39-23)14-19(32)29-10-12-37-13-11-29/h2-9,20-22H,10-14H2,1H3. The van der Waals surface area contributed by atoms with Crippen LogP contribution >= 0.6 is 34.7 Å². The molecule has 3 aliphatic heterocycles. The maximum atomic E-state index is 13.9. The number of morpholine rings is 1. The lowest BCUT2D eigenvalue weighted by atomic mass is 9.83. The molecule has 2 saturated heterocycles. The summed E-state index contributed by atoms with van der Waals surface area (Å²) in [5, 5.41) is 0.341.